The number of benzene rings is 2. The monoisotopic (exact) mass is 467 g/mol. The van der Waals surface area contributed by atoms with Gasteiger partial charge in [0.25, 0.3) is 5.91 Å². The van der Waals surface area contributed by atoms with Crippen LogP contribution in [0.1, 0.15) is 32.6 Å². The van der Waals surface area contributed by atoms with E-state index in [2.05, 4.69) is 10.4 Å². The lowest BCUT2D eigenvalue weighted by atomic mass is 10.1. The van der Waals surface area contributed by atoms with Crippen LogP contribution in [0, 0.1) is 6.92 Å². The molecule has 0 bridgehead atoms. The van der Waals surface area contributed by atoms with E-state index in [1.807, 2.05) is 0 Å². The molecule has 0 fully saturated rings. The van der Waals surface area contributed by atoms with Crippen molar-refractivity contribution in [3.05, 3.63) is 82.8 Å². The smallest absolute Gasteiger partial charge is 0.416 e. The Labute approximate surface area is 182 Å². The zero-order chi connectivity index (χ0) is 24.0. The number of hydrogen-bond acceptors (Lipinski definition) is 3. The number of aromatic nitrogens is 2. The summed E-state index contributed by atoms with van der Waals surface area (Å²) < 4.78 is 84.4. The number of halogens is 6. The summed E-state index contributed by atoms with van der Waals surface area (Å²) in [6.45, 7) is 1.60. The van der Waals surface area contributed by atoms with E-state index in [1.54, 1.807) is 6.92 Å². The van der Waals surface area contributed by atoms with Gasteiger partial charge in [-0.15, -0.1) is 0 Å². The van der Waals surface area contributed by atoms with Crippen molar-refractivity contribution in [2.24, 2.45) is 0 Å². The van der Waals surface area contributed by atoms with Crippen LogP contribution >= 0.6 is 0 Å². The number of carbonyl (C=O) groups is 1. The number of amides is 1. The van der Waals surface area contributed by atoms with Crippen LogP contribution in [0.15, 0.2) is 59.4 Å². The highest BCUT2D eigenvalue weighted by atomic mass is 19.4. The van der Waals surface area contributed by atoms with Gasteiger partial charge >= 0.3 is 12.4 Å². The largest absolute Gasteiger partial charge is 0.471 e. The lowest BCUT2D eigenvalue weighted by Crippen LogP contribution is -2.13. The molecule has 1 amide bonds. The number of nitrogens with zero attached hydrogens (tertiary/aromatic N) is 2. The first-order valence-electron chi connectivity index (χ1n) is 9.51. The summed E-state index contributed by atoms with van der Waals surface area (Å²) in [7, 11) is 0. The molecule has 4 rings (SSSR count). The summed E-state index contributed by atoms with van der Waals surface area (Å²) in [5.74, 6) is -0.742. The van der Waals surface area contributed by atoms with Gasteiger partial charge in [0.05, 0.1) is 35.0 Å². The number of aryl methyl sites for hydroxylation is 1. The van der Waals surface area contributed by atoms with E-state index >= 15 is 0 Å². The number of hydrogen-bond donors (Lipinski definition) is 1. The van der Waals surface area contributed by atoms with E-state index in [0.717, 1.165) is 24.3 Å². The lowest BCUT2D eigenvalue weighted by Gasteiger charge is -2.09. The second-order valence-corrected chi connectivity index (χ2v) is 7.35. The Hall–Kier alpha value is -3.76. The highest BCUT2D eigenvalue weighted by molar-refractivity contribution is 6.08. The predicted molar refractivity (Wildman–Crippen MR) is 107 cm³/mol. The highest BCUT2D eigenvalue weighted by Crippen LogP contribution is 2.34. The van der Waals surface area contributed by atoms with Crippen molar-refractivity contribution in [1.82, 2.24) is 9.78 Å². The molecule has 0 aliphatic heterocycles. The maximum atomic E-state index is 13.3. The molecular weight excluding hydrogens is 452 g/mol. The van der Waals surface area contributed by atoms with Gasteiger partial charge in [0.15, 0.2) is 5.82 Å². The van der Waals surface area contributed by atoms with Crippen LogP contribution in [-0.2, 0) is 18.9 Å². The molecule has 4 aromatic rings. The Bertz CT molecular complexity index is 1320. The average Bonchev–Trinajstić information content (AvgIpc) is 3.30. The molecule has 0 radical (unpaired) electrons. The van der Waals surface area contributed by atoms with Crippen LogP contribution in [-0.4, -0.2) is 15.7 Å². The van der Waals surface area contributed by atoms with Gasteiger partial charge in [-0.2, -0.15) is 31.4 Å². The summed E-state index contributed by atoms with van der Waals surface area (Å²) in [5.41, 5.74) is -0.337. The summed E-state index contributed by atoms with van der Waals surface area (Å²) in [5, 5.41) is 6.75. The van der Waals surface area contributed by atoms with E-state index in [9.17, 15) is 31.1 Å². The Morgan fingerprint density at radius 3 is 2.18 bits per heavy atom. The molecule has 5 nitrogen and oxygen atoms in total. The van der Waals surface area contributed by atoms with Gasteiger partial charge in [-0.1, -0.05) is 12.1 Å². The van der Waals surface area contributed by atoms with Crippen molar-refractivity contribution in [3.63, 3.8) is 0 Å². The zero-order valence-corrected chi connectivity index (χ0v) is 16.9. The fourth-order valence-electron chi connectivity index (χ4n) is 3.31. The van der Waals surface area contributed by atoms with Crippen molar-refractivity contribution >= 4 is 22.6 Å². The van der Waals surface area contributed by atoms with Crippen molar-refractivity contribution in [2.45, 2.75) is 25.8 Å². The van der Waals surface area contributed by atoms with Crippen LogP contribution in [0.25, 0.3) is 10.9 Å². The molecule has 2 aromatic carbocycles. The lowest BCUT2D eigenvalue weighted by molar-refractivity contribution is -0.138. The van der Waals surface area contributed by atoms with Gasteiger partial charge in [-0.3, -0.25) is 9.48 Å². The molecule has 172 valence electrons. The topological polar surface area (TPSA) is 60.1 Å². The first kappa shape index (κ1) is 22.4. The maximum absolute atomic E-state index is 13.3. The molecular formula is C22H15F6N3O2. The third-order valence-electron chi connectivity index (χ3n) is 5.02. The number of nitrogens with one attached hydrogen (secondary N) is 1. The molecule has 0 aliphatic rings. The highest BCUT2D eigenvalue weighted by Gasteiger charge is 2.32. The standard InChI is InChI=1S/C22H15F6N3O2/c1-12-10-33-11-17(12)20(32)29-19-16-8-15(22(26,27)28)6-7-18(16)31(30-19)9-13-2-4-14(5-3-13)21(23,24)25/h2-8,10-11H,9H2,1H3,(H,29,30,32). The van der Waals surface area contributed by atoms with Gasteiger partial charge < -0.3 is 9.73 Å². The van der Waals surface area contributed by atoms with E-state index in [4.69, 9.17) is 4.42 Å². The molecule has 33 heavy (non-hydrogen) atoms. The molecule has 2 aromatic heterocycles. The Morgan fingerprint density at radius 1 is 0.970 bits per heavy atom. The van der Waals surface area contributed by atoms with Crippen LogP contribution in [0.4, 0.5) is 32.2 Å². The van der Waals surface area contributed by atoms with Crippen molar-refractivity contribution < 1.29 is 35.6 Å². The van der Waals surface area contributed by atoms with Gasteiger partial charge in [-0.25, -0.2) is 0 Å². The van der Waals surface area contributed by atoms with Crippen molar-refractivity contribution in [1.29, 1.82) is 0 Å². The third kappa shape index (κ3) is 4.57. The number of fused-ring (bicyclic) bond motifs is 1. The number of anilines is 1. The van der Waals surface area contributed by atoms with Crippen LogP contribution in [0.5, 0.6) is 0 Å². The average molecular weight is 467 g/mol. The van der Waals surface area contributed by atoms with Gasteiger partial charge in [0.1, 0.15) is 6.26 Å². The normalized spacial score (nSPS) is 12.3. The molecule has 0 atom stereocenters. The molecule has 11 heteroatoms. The molecule has 0 saturated carbocycles. The Kier molecular flexibility index (Phi) is 5.43. The van der Waals surface area contributed by atoms with Crippen LogP contribution in [0.2, 0.25) is 0 Å². The van der Waals surface area contributed by atoms with Gasteiger partial charge in [0.2, 0.25) is 0 Å². The summed E-state index contributed by atoms with van der Waals surface area (Å²) in [4.78, 5) is 12.6. The van der Waals surface area contributed by atoms with Crippen LogP contribution < -0.4 is 5.32 Å². The molecule has 0 spiro atoms. The fraction of sp³-hybridized carbons (Fsp3) is 0.182. The predicted octanol–water partition coefficient (Wildman–Crippen LogP) is 6.28. The number of rotatable bonds is 4. The van der Waals surface area contributed by atoms with E-state index < -0.39 is 29.4 Å². The van der Waals surface area contributed by atoms with E-state index in [0.29, 0.717) is 11.1 Å². The van der Waals surface area contributed by atoms with Crippen molar-refractivity contribution in [3.8, 4) is 0 Å². The minimum Gasteiger partial charge on any atom is -0.471 e. The molecule has 0 aliphatic carbocycles. The third-order valence-corrected chi connectivity index (χ3v) is 5.02. The number of alkyl halides is 6. The zero-order valence-electron chi connectivity index (χ0n) is 16.9. The molecule has 1 N–H and O–H groups in total. The molecule has 0 saturated heterocycles. The minimum atomic E-state index is -4.62. The first-order chi connectivity index (χ1) is 15.4. The summed E-state index contributed by atoms with van der Waals surface area (Å²) >= 11 is 0. The van der Waals surface area contributed by atoms with Gasteiger partial charge in [-0.05, 0) is 48.4 Å². The fourth-order valence-corrected chi connectivity index (χ4v) is 3.31. The summed E-state index contributed by atoms with van der Waals surface area (Å²) in [6, 6.07) is 7.28. The Balaban J connectivity index is 1.73. The maximum Gasteiger partial charge on any atom is 0.416 e. The second-order valence-electron chi connectivity index (χ2n) is 7.35. The number of furan rings is 1. The minimum absolute atomic E-state index is 0.0272. The second kappa shape index (κ2) is 7.98. The Morgan fingerprint density at radius 2 is 1.61 bits per heavy atom. The van der Waals surface area contributed by atoms with Crippen LogP contribution in [0.3, 0.4) is 0 Å². The molecule has 2 heterocycles. The van der Waals surface area contributed by atoms with E-state index in [1.165, 1.54) is 35.4 Å². The number of carbonyl (C=O) groups excluding carboxylic acids is 1. The van der Waals surface area contributed by atoms with Crippen molar-refractivity contribution in [2.75, 3.05) is 5.32 Å². The summed E-state index contributed by atoms with van der Waals surface area (Å²) in [6.07, 6.45) is -6.56. The van der Waals surface area contributed by atoms with Gasteiger partial charge in [0, 0.05) is 5.39 Å². The molecule has 0 unspecified atom stereocenters. The van der Waals surface area contributed by atoms with E-state index in [-0.39, 0.29) is 28.8 Å². The quantitative estimate of drug-likeness (QED) is 0.360. The SMILES string of the molecule is Cc1cocc1C(=O)Nc1nn(Cc2ccc(C(F)(F)F)cc2)c2ccc(C(F)(F)F)cc12. The first-order valence-corrected chi connectivity index (χ1v) is 9.51.